The molecule has 1 aromatic carbocycles. The van der Waals surface area contributed by atoms with Gasteiger partial charge in [0, 0.05) is 20.1 Å². The Morgan fingerprint density at radius 2 is 2.12 bits per heavy atom. The molecule has 2 rings (SSSR count). The Kier molecular flexibility index (Phi) is 7.40. The van der Waals surface area contributed by atoms with Crippen LogP contribution in [0.2, 0.25) is 0 Å². The number of hydrogen-bond donors (Lipinski definition) is 0. The molecular weight excluding hydrogens is 359 g/mol. The predicted octanol–water partition coefficient (Wildman–Crippen LogP) is 2.11. The van der Waals surface area contributed by atoms with Crippen LogP contribution in [-0.2, 0) is 14.8 Å². The van der Waals surface area contributed by atoms with Gasteiger partial charge in [-0.1, -0.05) is 19.1 Å². The first-order valence-electron chi connectivity index (χ1n) is 8.95. The summed E-state index contributed by atoms with van der Waals surface area (Å²) in [4.78, 5) is 14.1. The number of nitrogens with zero attached hydrogens (tertiary/aromatic N) is 2. The fourth-order valence-corrected chi connectivity index (χ4v) is 4.65. The molecule has 26 heavy (non-hydrogen) atoms. The molecule has 0 spiro atoms. The van der Waals surface area contributed by atoms with E-state index in [1.165, 1.54) is 21.3 Å². The largest absolute Gasteiger partial charge is 0.489 e. The Balaban J connectivity index is 1.86. The molecule has 0 saturated carbocycles. The normalized spacial score (nSPS) is 18.5. The molecule has 1 aliphatic rings. The second-order valence-corrected chi connectivity index (χ2v) is 8.64. The molecule has 6 nitrogen and oxygen atoms in total. The minimum absolute atomic E-state index is 0.0986. The van der Waals surface area contributed by atoms with Gasteiger partial charge in [-0.2, -0.15) is 0 Å². The van der Waals surface area contributed by atoms with Gasteiger partial charge in [-0.3, -0.25) is 4.79 Å². The van der Waals surface area contributed by atoms with E-state index in [9.17, 15) is 17.6 Å². The third-order valence-corrected chi connectivity index (χ3v) is 6.53. The first-order valence-corrected chi connectivity index (χ1v) is 10.6. The van der Waals surface area contributed by atoms with Crippen LogP contribution in [0.3, 0.4) is 0 Å². The number of hydrogen-bond acceptors (Lipinski definition) is 4. The van der Waals surface area contributed by atoms with Crippen molar-refractivity contribution in [2.24, 2.45) is 5.92 Å². The summed E-state index contributed by atoms with van der Waals surface area (Å²) in [5, 5.41) is 0. The Morgan fingerprint density at radius 3 is 2.81 bits per heavy atom. The first kappa shape index (κ1) is 20.6. The maximum Gasteiger partial charge on any atom is 0.226 e. The van der Waals surface area contributed by atoms with Gasteiger partial charge in [0.2, 0.25) is 15.9 Å². The van der Waals surface area contributed by atoms with Crippen molar-refractivity contribution in [3.8, 4) is 5.75 Å². The average Bonchev–Trinajstić information content (AvgIpc) is 2.62. The molecule has 0 radical (unpaired) electrons. The molecule has 8 heteroatoms. The SMILES string of the molecule is CCCS(=O)(=O)N1CCCC(C(=O)N(C)CCOc2ccccc2F)C1. The lowest BCUT2D eigenvalue weighted by molar-refractivity contribution is -0.135. The van der Waals surface area contributed by atoms with Crippen LogP contribution < -0.4 is 4.74 Å². The molecule has 146 valence electrons. The van der Waals surface area contributed by atoms with E-state index >= 15 is 0 Å². The minimum atomic E-state index is -3.29. The maximum atomic E-state index is 13.5. The van der Waals surface area contributed by atoms with E-state index in [0.717, 1.165) is 0 Å². The molecule has 0 bridgehead atoms. The van der Waals surface area contributed by atoms with Gasteiger partial charge >= 0.3 is 0 Å². The minimum Gasteiger partial charge on any atom is -0.489 e. The third kappa shape index (κ3) is 5.41. The molecule has 1 atom stereocenters. The number of carbonyl (C=O) groups is 1. The number of carbonyl (C=O) groups excluding carboxylic acids is 1. The Bertz CT molecular complexity index is 711. The summed E-state index contributed by atoms with van der Waals surface area (Å²) >= 11 is 0. The lowest BCUT2D eigenvalue weighted by atomic mass is 9.98. The van der Waals surface area contributed by atoms with E-state index in [4.69, 9.17) is 4.74 Å². The van der Waals surface area contributed by atoms with Crippen LogP contribution in [0.25, 0.3) is 0 Å². The van der Waals surface area contributed by atoms with Crippen molar-refractivity contribution in [2.75, 3.05) is 39.0 Å². The Labute approximate surface area is 155 Å². The van der Waals surface area contributed by atoms with E-state index in [-0.39, 0.29) is 36.5 Å². The number of likely N-dealkylation sites (N-methyl/N-ethyl adjacent to an activating group) is 1. The van der Waals surface area contributed by atoms with Gasteiger partial charge in [0.25, 0.3) is 0 Å². The van der Waals surface area contributed by atoms with E-state index < -0.39 is 15.8 Å². The summed E-state index contributed by atoms with van der Waals surface area (Å²) in [6, 6.07) is 6.12. The number of halogens is 1. The van der Waals surface area contributed by atoms with E-state index in [2.05, 4.69) is 0 Å². The van der Waals surface area contributed by atoms with Crippen LogP contribution >= 0.6 is 0 Å². The number of para-hydroxylation sites is 1. The summed E-state index contributed by atoms with van der Waals surface area (Å²) in [5.41, 5.74) is 0. The first-order chi connectivity index (χ1) is 12.3. The molecule has 1 aliphatic heterocycles. The highest BCUT2D eigenvalue weighted by Gasteiger charge is 2.33. The van der Waals surface area contributed by atoms with Crippen molar-refractivity contribution in [1.29, 1.82) is 0 Å². The zero-order valence-electron chi connectivity index (χ0n) is 15.4. The number of rotatable bonds is 8. The summed E-state index contributed by atoms with van der Waals surface area (Å²) in [6.07, 6.45) is 1.92. The van der Waals surface area contributed by atoms with Gasteiger partial charge in [-0.15, -0.1) is 0 Å². The zero-order chi connectivity index (χ0) is 19.2. The van der Waals surface area contributed by atoms with Gasteiger partial charge in [0.05, 0.1) is 18.2 Å². The van der Waals surface area contributed by atoms with Crippen LogP contribution in [0.15, 0.2) is 24.3 Å². The molecule has 0 N–H and O–H groups in total. The van der Waals surface area contributed by atoms with Gasteiger partial charge in [-0.05, 0) is 31.4 Å². The molecule has 0 aromatic heterocycles. The molecule has 1 aromatic rings. The Morgan fingerprint density at radius 1 is 1.38 bits per heavy atom. The number of piperidine rings is 1. The third-order valence-electron chi connectivity index (χ3n) is 4.49. The quantitative estimate of drug-likeness (QED) is 0.686. The van der Waals surface area contributed by atoms with Crippen molar-refractivity contribution in [3.05, 3.63) is 30.1 Å². The second-order valence-electron chi connectivity index (χ2n) is 6.55. The summed E-state index contributed by atoms with van der Waals surface area (Å²) in [6.45, 7) is 3.03. The zero-order valence-corrected chi connectivity index (χ0v) is 16.2. The smallest absolute Gasteiger partial charge is 0.226 e. The number of sulfonamides is 1. The fourth-order valence-electron chi connectivity index (χ4n) is 3.06. The van der Waals surface area contributed by atoms with Gasteiger partial charge < -0.3 is 9.64 Å². The van der Waals surface area contributed by atoms with Crippen molar-refractivity contribution >= 4 is 15.9 Å². The van der Waals surface area contributed by atoms with Crippen LogP contribution in [-0.4, -0.2) is 62.6 Å². The van der Waals surface area contributed by atoms with Crippen LogP contribution in [0.1, 0.15) is 26.2 Å². The predicted molar refractivity (Wildman–Crippen MR) is 97.9 cm³/mol. The van der Waals surface area contributed by atoms with Crippen LogP contribution in [0.4, 0.5) is 4.39 Å². The molecule has 1 amide bonds. The number of ether oxygens (including phenoxy) is 1. The highest BCUT2D eigenvalue weighted by Crippen LogP contribution is 2.21. The molecule has 0 aliphatic carbocycles. The number of amides is 1. The monoisotopic (exact) mass is 386 g/mol. The maximum absolute atomic E-state index is 13.5. The number of benzene rings is 1. The molecule has 1 unspecified atom stereocenters. The second kappa shape index (κ2) is 9.32. The van der Waals surface area contributed by atoms with Crippen LogP contribution in [0.5, 0.6) is 5.75 Å². The van der Waals surface area contributed by atoms with Gasteiger partial charge in [0.1, 0.15) is 6.61 Å². The van der Waals surface area contributed by atoms with Gasteiger partial charge in [0.15, 0.2) is 11.6 Å². The van der Waals surface area contributed by atoms with E-state index in [0.29, 0.717) is 32.4 Å². The van der Waals surface area contributed by atoms with Crippen molar-refractivity contribution in [3.63, 3.8) is 0 Å². The highest BCUT2D eigenvalue weighted by atomic mass is 32.2. The lowest BCUT2D eigenvalue weighted by Crippen LogP contribution is -2.47. The molecule has 1 saturated heterocycles. The molecule has 1 heterocycles. The highest BCUT2D eigenvalue weighted by molar-refractivity contribution is 7.89. The van der Waals surface area contributed by atoms with Gasteiger partial charge in [-0.25, -0.2) is 17.1 Å². The Hall–Kier alpha value is -1.67. The summed E-state index contributed by atoms with van der Waals surface area (Å²) < 4.78 is 44.8. The van der Waals surface area contributed by atoms with Crippen molar-refractivity contribution in [1.82, 2.24) is 9.21 Å². The lowest BCUT2D eigenvalue weighted by Gasteiger charge is -2.33. The van der Waals surface area contributed by atoms with E-state index in [1.54, 1.807) is 19.2 Å². The van der Waals surface area contributed by atoms with Crippen molar-refractivity contribution in [2.45, 2.75) is 26.2 Å². The summed E-state index contributed by atoms with van der Waals surface area (Å²) in [5.74, 6) is -0.610. The molecule has 1 fully saturated rings. The van der Waals surface area contributed by atoms with E-state index in [1.807, 2.05) is 6.92 Å². The summed E-state index contributed by atoms with van der Waals surface area (Å²) in [7, 11) is -1.63. The standard InChI is InChI=1S/C18H27FN2O4S/c1-3-13-26(23,24)21-10-6-7-15(14-21)18(22)20(2)11-12-25-17-9-5-4-8-16(17)19/h4-5,8-9,15H,3,6-7,10-14H2,1-2H3. The van der Waals surface area contributed by atoms with Crippen LogP contribution in [0, 0.1) is 11.7 Å². The fraction of sp³-hybridized carbons (Fsp3) is 0.611. The topological polar surface area (TPSA) is 66.9 Å². The molecular formula is C18H27FN2O4S. The van der Waals surface area contributed by atoms with Crippen molar-refractivity contribution < 1.29 is 22.3 Å². The average molecular weight is 386 g/mol.